The van der Waals surface area contributed by atoms with Gasteiger partial charge in [-0.05, 0) is 29.8 Å². The van der Waals surface area contributed by atoms with Crippen molar-refractivity contribution < 1.29 is 9.47 Å². The normalized spacial score (nSPS) is 15.4. The second kappa shape index (κ2) is 4.74. The summed E-state index contributed by atoms with van der Waals surface area (Å²) in [5.41, 5.74) is 7.02. The second-order valence-corrected chi connectivity index (χ2v) is 4.28. The molecule has 0 aliphatic carbocycles. The van der Waals surface area contributed by atoms with Crippen LogP contribution in [0.15, 0.2) is 42.7 Å². The summed E-state index contributed by atoms with van der Waals surface area (Å²) in [4.78, 5) is 0. The summed E-state index contributed by atoms with van der Waals surface area (Å²) in [7, 11) is 0. The van der Waals surface area contributed by atoms with Gasteiger partial charge in [0.2, 0.25) is 0 Å². The lowest BCUT2D eigenvalue weighted by Gasteiger charge is -2.22. The van der Waals surface area contributed by atoms with Crippen LogP contribution in [0.25, 0.3) is 0 Å². The molecule has 4 heteroatoms. The van der Waals surface area contributed by atoms with E-state index in [2.05, 4.69) is 4.57 Å². The van der Waals surface area contributed by atoms with E-state index in [9.17, 15) is 0 Å². The number of ether oxygens (including phenoxy) is 2. The highest BCUT2D eigenvalue weighted by Gasteiger charge is 2.16. The van der Waals surface area contributed by atoms with Gasteiger partial charge in [0.1, 0.15) is 13.2 Å². The Balaban J connectivity index is 1.95. The van der Waals surface area contributed by atoms with Crippen LogP contribution in [0.4, 0.5) is 0 Å². The van der Waals surface area contributed by atoms with Gasteiger partial charge >= 0.3 is 0 Å². The Morgan fingerprint density at radius 2 is 1.83 bits per heavy atom. The van der Waals surface area contributed by atoms with Crippen molar-refractivity contribution in [3.05, 3.63) is 48.3 Å². The number of nitrogens with two attached hydrogens (primary N) is 1. The first-order valence-corrected chi connectivity index (χ1v) is 6.10. The molecule has 4 nitrogen and oxygen atoms in total. The van der Waals surface area contributed by atoms with E-state index in [1.54, 1.807) is 0 Å². The van der Waals surface area contributed by atoms with E-state index < -0.39 is 0 Å². The first kappa shape index (κ1) is 11.2. The van der Waals surface area contributed by atoms with Gasteiger partial charge in [-0.25, -0.2) is 0 Å². The fraction of sp³-hybridized carbons (Fsp3) is 0.286. The van der Waals surface area contributed by atoms with Gasteiger partial charge in [-0.1, -0.05) is 6.07 Å². The fourth-order valence-electron chi connectivity index (χ4n) is 2.25. The molecule has 1 aliphatic rings. The third-order valence-electron chi connectivity index (χ3n) is 3.16. The summed E-state index contributed by atoms with van der Waals surface area (Å²) in [5.74, 6) is 1.62. The Kier molecular flexibility index (Phi) is 2.94. The molecule has 18 heavy (non-hydrogen) atoms. The van der Waals surface area contributed by atoms with Crippen LogP contribution in [0.2, 0.25) is 0 Å². The molecule has 0 spiro atoms. The van der Waals surface area contributed by atoms with Crippen molar-refractivity contribution in [3.8, 4) is 11.5 Å². The van der Waals surface area contributed by atoms with Crippen molar-refractivity contribution in [3.63, 3.8) is 0 Å². The second-order valence-electron chi connectivity index (χ2n) is 4.28. The molecule has 1 aliphatic heterocycles. The molecule has 1 atom stereocenters. The molecule has 0 saturated carbocycles. The molecule has 0 radical (unpaired) electrons. The number of aromatic nitrogens is 1. The predicted molar refractivity (Wildman–Crippen MR) is 69.1 cm³/mol. The quantitative estimate of drug-likeness (QED) is 0.895. The summed E-state index contributed by atoms with van der Waals surface area (Å²) in [6.45, 7) is 1.77. The third-order valence-corrected chi connectivity index (χ3v) is 3.16. The van der Waals surface area contributed by atoms with Crippen molar-refractivity contribution in [1.29, 1.82) is 0 Å². The SMILES string of the molecule is NCC(c1ccc2c(c1)OCCO2)n1cccc1. The van der Waals surface area contributed by atoms with Gasteiger partial charge < -0.3 is 19.8 Å². The van der Waals surface area contributed by atoms with Crippen LogP contribution >= 0.6 is 0 Å². The molecule has 1 aromatic heterocycles. The summed E-state index contributed by atoms with van der Waals surface area (Å²) >= 11 is 0. The molecule has 0 saturated heterocycles. The maximum atomic E-state index is 5.88. The topological polar surface area (TPSA) is 49.4 Å². The van der Waals surface area contributed by atoms with Gasteiger partial charge in [0.15, 0.2) is 11.5 Å². The zero-order valence-corrected chi connectivity index (χ0v) is 10.1. The Hall–Kier alpha value is -1.94. The molecule has 0 amide bonds. The van der Waals surface area contributed by atoms with Crippen molar-refractivity contribution in [2.75, 3.05) is 19.8 Å². The van der Waals surface area contributed by atoms with E-state index >= 15 is 0 Å². The van der Waals surface area contributed by atoms with E-state index in [0.29, 0.717) is 19.8 Å². The van der Waals surface area contributed by atoms with Crippen LogP contribution < -0.4 is 15.2 Å². The van der Waals surface area contributed by atoms with Crippen LogP contribution in [0.5, 0.6) is 11.5 Å². The average molecular weight is 244 g/mol. The van der Waals surface area contributed by atoms with Crippen molar-refractivity contribution in [2.45, 2.75) is 6.04 Å². The molecule has 2 N–H and O–H groups in total. The highest BCUT2D eigenvalue weighted by Crippen LogP contribution is 2.33. The molecule has 1 aromatic carbocycles. The van der Waals surface area contributed by atoms with Gasteiger partial charge in [0.05, 0.1) is 6.04 Å². The van der Waals surface area contributed by atoms with Gasteiger partial charge in [-0.15, -0.1) is 0 Å². The standard InChI is InChI=1S/C14H16N2O2/c15-10-12(16-5-1-2-6-16)11-3-4-13-14(9-11)18-8-7-17-13/h1-6,9,12H,7-8,10,15H2. The van der Waals surface area contributed by atoms with E-state index in [0.717, 1.165) is 17.1 Å². The average Bonchev–Trinajstić information content (AvgIpc) is 2.93. The molecule has 0 fully saturated rings. The van der Waals surface area contributed by atoms with E-state index in [1.807, 2.05) is 42.7 Å². The smallest absolute Gasteiger partial charge is 0.161 e. The fourth-order valence-corrected chi connectivity index (χ4v) is 2.25. The molecule has 2 heterocycles. The highest BCUT2D eigenvalue weighted by atomic mass is 16.6. The van der Waals surface area contributed by atoms with Gasteiger partial charge in [0, 0.05) is 18.9 Å². The minimum atomic E-state index is 0.135. The first-order chi connectivity index (χ1) is 8.88. The number of hydrogen-bond acceptors (Lipinski definition) is 3. The molecule has 2 aromatic rings. The number of hydrogen-bond donors (Lipinski definition) is 1. The molecule has 0 bridgehead atoms. The van der Waals surface area contributed by atoms with Crippen molar-refractivity contribution in [2.24, 2.45) is 5.73 Å². The van der Waals surface area contributed by atoms with Crippen molar-refractivity contribution >= 4 is 0 Å². The lowest BCUT2D eigenvalue weighted by atomic mass is 10.1. The largest absolute Gasteiger partial charge is 0.486 e. The zero-order valence-electron chi connectivity index (χ0n) is 10.1. The monoisotopic (exact) mass is 244 g/mol. The lowest BCUT2D eigenvalue weighted by Crippen LogP contribution is -2.20. The Morgan fingerprint density at radius 1 is 1.11 bits per heavy atom. The Bertz CT molecular complexity index is 523. The summed E-state index contributed by atoms with van der Waals surface area (Å²) in [6, 6.07) is 10.2. The number of benzene rings is 1. The third kappa shape index (κ3) is 1.95. The zero-order chi connectivity index (χ0) is 12.4. The van der Waals surface area contributed by atoms with Crippen molar-refractivity contribution in [1.82, 2.24) is 4.57 Å². The van der Waals surface area contributed by atoms with Crippen LogP contribution in [0.3, 0.4) is 0 Å². The summed E-state index contributed by atoms with van der Waals surface area (Å²) < 4.78 is 13.2. The molecular weight excluding hydrogens is 228 g/mol. The van der Waals surface area contributed by atoms with E-state index in [-0.39, 0.29) is 6.04 Å². The van der Waals surface area contributed by atoms with Crippen LogP contribution in [-0.4, -0.2) is 24.3 Å². The van der Waals surface area contributed by atoms with Crippen LogP contribution in [0.1, 0.15) is 11.6 Å². The highest BCUT2D eigenvalue weighted by molar-refractivity contribution is 5.45. The maximum Gasteiger partial charge on any atom is 0.161 e. The maximum absolute atomic E-state index is 5.88. The Labute approximate surface area is 106 Å². The van der Waals surface area contributed by atoms with Gasteiger partial charge in [0.25, 0.3) is 0 Å². The molecule has 1 unspecified atom stereocenters. The molecule has 94 valence electrons. The van der Waals surface area contributed by atoms with Crippen LogP contribution in [-0.2, 0) is 0 Å². The van der Waals surface area contributed by atoms with Gasteiger partial charge in [-0.2, -0.15) is 0 Å². The van der Waals surface area contributed by atoms with Crippen LogP contribution in [0, 0.1) is 0 Å². The van der Waals surface area contributed by atoms with E-state index in [4.69, 9.17) is 15.2 Å². The minimum Gasteiger partial charge on any atom is -0.486 e. The molecular formula is C14H16N2O2. The number of fused-ring (bicyclic) bond motifs is 1. The van der Waals surface area contributed by atoms with Gasteiger partial charge in [-0.3, -0.25) is 0 Å². The number of rotatable bonds is 3. The first-order valence-electron chi connectivity index (χ1n) is 6.10. The predicted octanol–water partition coefficient (Wildman–Crippen LogP) is 1.81. The Morgan fingerprint density at radius 3 is 2.56 bits per heavy atom. The van der Waals surface area contributed by atoms with E-state index in [1.165, 1.54) is 0 Å². The number of nitrogens with zero attached hydrogens (tertiary/aromatic N) is 1. The summed E-state index contributed by atoms with van der Waals surface area (Å²) in [6.07, 6.45) is 4.04. The molecule has 3 rings (SSSR count). The summed E-state index contributed by atoms with van der Waals surface area (Å²) in [5, 5.41) is 0. The lowest BCUT2D eigenvalue weighted by molar-refractivity contribution is 0.171. The minimum absolute atomic E-state index is 0.135.